The normalized spacial score (nSPS) is 11.3. The summed E-state index contributed by atoms with van der Waals surface area (Å²) >= 11 is 0. The number of aryl methyl sites for hydroxylation is 1. The number of rotatable bonds is 8. The standard InChI is InChI=1S/C13H15F3N2O3S2/c1-8-6-9(7-18-11(8)13(14,15)16)12(21)17-3-5-23-22-4-2-10(19)20/h6-7H,2-5H2,1H3,(H,17,21)(H,19,20). The fourth-order valence-corrected chi connectivity index (χ4v) is 3.44. The van der Waals surface area contributed by atoms with E-state index in [-0.39, 0.29) is 17.5 Å². The number of carboxylic acid groups (broad SMARTS) is 1. The van der Waals surface area contributed by atoms with E-state index in [1.165, 1.54) is 28.5 Å². The molecule has 1 aromatic rings. The lowest BCUT2D eigenvalue weighted by Gasteiger charge is -2.10. The highest BCUT2D eigenvalue weighted by Crippen LogP contribution is 2.30. The highest BCUT2D eigenvalue weighted by atomic mass is 33.1. The van der Waals surface area contributed by atoms with E-state index in [1.807, 2.05) is 0 Å². The van der Waals surface area contributed by atoms with Crippen LogP contribution >= 0.6 is 21.6 Å². The van der Waals surface area contributed by atoms with Crippen LogP contribution in [0.15, 0.2) is 12.3 Å². The predicted octanol–water partition coefficient (Wildman–Crippen LogP) is 2.99. The molecule has 1 heterocycles. The number of hydrogen-bond acceptors (Lipinski definition) is 5. The lowest BCUT2D eigenvalue weighted by atomic mass is 10.1. The lowest BCUT2D eigenvalue weighted by Crippen LogP contribution is -2.26. The van der Waals surface area contributed by atoms with E-state index in [0.29, 0.717) is 18.1 Å². The van der Waals surface area contributed by atoms with Crippen LogP contribution in [0, 0.1) is 6.92 Å². The van der Waals surface area contributed by atoms with E-state index < -0.39 is 23.7 Å². The van der Waals surface area contributed by atoms with Crippen LogP contribution in [0.5, 0.6) is 0 Å². The van der Waals surface area contributed by atoms with Crippen molar-refractivity contribution in [1.82, 2.24) is 10.3 Å². The minimum absolute atomic E-state index is 0.0685. The molecule has 1 amide bonds. The van der Waals surface area contributed by atoms with Crippen molar-refractivity contribution in [2.75, 3.05) is 18.1 Å². The molecule has 128 valence electrons. The van der Waals surface area contributed by atoms with E-state index in [9.17, 15) is 22.8 Å². The first kappa shape index (κ1) is 19.6. The number of amides is 1. The number of nitrogens with one attached hydrogen (secondary N) is 1. The Morgan fingerprint density at radius 2 is 1.96 bits per heavy atom. The molecule has 0 aliphatic rings. The molecule has 23 heavy (non-hydrogen) atoms. The second kappa shape index (κ2) is 9.02. The van der Waals surface area contributed by atoms with Gasteiger partial charge in [0.25, 0.3) is 5.91 Å². The monoisotopic (exact) mass is 368 g/mol. The van der Waals surface area contributed by atoms with Crippen molar-refractivity contribution in [2.45, 2.75) is 19.5 Å². The molecule has 0 bridgehead atoms. The first-order valence-electron chi connectivity index (χ1n) is 6.50. The van der Waals surface area contributed by atoms with Gasteiger partial charge in [-0.25, -0.2) is 0 Å². The summed E-state index contributed by atoms with van der Waals surface area (Å²) in [5.74, 6) is -0.332. The van der Waals surface area contributed by atoms with Gasteiger partial charge >= 0.3 is 12.1 Å². The minimum Gasteiger partial charge on any atom is -0.481 e. The molecule has 2 N–H and O–H groups in total. The number of alkyl halides is 3. The predicted molar refractivity (Wildman–Crippen MR) is 83.5 cm³/mol. The van der Waals surface area contributed by atoms with Gasteiger partial charge in [0.15, 0.2) is 0 Å². The Morgan fingerprint density at radius 1 is 1.30 bits per heavy atom. The van der Waals surface area contributed by atoms with E-state index in [4.69, 9.17) is 5.11 Å². The molecule has 0 spiro atoms. The van der Waals surface area contributed by atoms with Crippen molar-refractivity contribution < 1.29 is 27.9 Å². The number of hydrogen-bond donors (Lipinski definition) is 2. The van der Waals surface area contributed by atoms with Crippen LogP contribution in [0.1, 0.15) is 28.0 Å². The van der Waals surface area contributed by atoms with Crippen molar-refractivity contribution in [3.05, 3.63) is 29.1 Å². The van der Waals surface area contributed by atoms with Gasteiger partial charge in [-0.1, -0.05) is 21.6 Å². The number of aromatic nitrogens is 1. The third-order valence-corrected chi connectivity index (χ3v) is 4.97. The number of aliphatic carboxylic acids is 1. The van der Waals surface area contributed by atoms with E-state index in [1.54, 1.807) is 0 Å². The summed E-state index contributed by atoms with van der Waals surface area (Å²) in [4.78, 5) is 25.4. The maximum Gasteiger partial charge on any atom is 0.433 e. The zero-order chi connectivity index (χ0) is 17.5. The fraction of sp³-hybridized carbons (Fsp3) is 0.462. The van der Waals surface area contributed by atoms with Gasteiger partial charge < -0.3 is 10.4 Å². The maximum absolute atomic E-state index is 12.6. The molecule has 0 aliphatic heterocycles. The highest BCUT2D eigenvalue weighted by Gasteiger charge is 2.34. The number of pyridine rings is 1. The summed E-state index contributed by atoms with van der Waals surface area (Å²) in [6.07, 6.45) is -3.57. The van der Waals surface area contributed by atoms with E-state index >= 15 is 0 Å². The maximum atomic E-state index is 12.6. The van der Waals surface area contributed by atoms with Gasteiger partial charge in [0.05, 0.1) is 12.0 Å². The smallest absolute Gasteiger partial charge is 0.433 e. The molecule has 0 saturated carbocycles. The zero-order valence-electron chi connectivity index (χ0n) is 12.1. The van der Waals surface area contributed by atoms with Gasteiger partial charge in [0.2, 0.25) is 0 Å². The van der Waals surface area contributed by atoms with Crippen LogP contribution in [0.25, 0.3) is 0 Å². The number of halogens is 3. The van der Waals surface area contributed by atoms with Crippen LogP contribution in [-0.4, -0.2) is 40.0 Å². The van der Waals surface area contributed by atoms with Crippen LogP contribution in [0.2, 0.25) is 0 Å². The van der Waals surface area contributed by atoms with Crippen molar-refractivity contribution in [3.8, 4) is 0 Å². The molecule has 0 radical (unpaired) electrons. The van der Waals surface area contributed by atoms with Gasteiger partial charge in [-0.3, -0.25) is 14.6 Å². The lowest BCUT2D eigenvalue weighted by molar-refractivity contribution is -0.141. The summed E-state index contributed by atoms with van der Waals surface area (Å²) < 4.78 is 37.7. The molecule has 0 aromatic carbocycles. The molecule has 1 rings (SSSR count). The van der Waals surface area contributed by atoms with Crippen molar-refractivity contribution in [3.63, 3.8) is 0 Å². The van der Waals surface area contributed by atoms with Crippen LogP contribution in [-0.2, 0) is 11.0 Å². The third-order valence-electron chi connectivity index (χ3n) is 2.56. The van der Waals surface area contributed by atoms with Crippen molar-refractivity contribution in [2.24, 2.45) is 0 Å². The number of carboxylic acids is 1. The Morgan fingerprint density at radius 3 is 2.52 bits per heavy atom. The first-order chi connectivity index (χ1) is 10.7. The molecule has 0 saturated heterocycles. The summed E-state index contributed by atoms with van der Waals surface area (Å²) in [6, 6.07) is 1.15. The second-order valence-corrected chi connectivity index (χ2v) is 7.13. The SMILES string of the molecule is Cc1cc(C(=O)NCCSSCCC(=O)O)cnc1C(F)(F)F. The average molecular weight is 368 g/mol. The quantitative estimate of drug-likeness (QED) is 0.542. The number of carbonyl (C=O) groups excluding carboxylic acids is 1. The molecule has 0 unspecified atom stereocenters. The molecule has 10 heteroatoms. The third kappa shape index (κ3) is 7.12. The summed E-state index contributed by atoms with van der Waals surface area (Å²) in [7, 11) is 2.80. The molecular formula is C13H15F3N2O3S2. The molecule has 0 atom stereocenters. The molecule has 0 fully saturated rings. The summed E-state index contributed by atoms with van der Waals surface area (Å²) in [5, 5.41) is 11.0. The van der Waals surface area contributed by atoms with Gasteiger partial charge in [0.1, 0.15) is 5.69 Å². The fourth-order valence-electron chi connectivity index (χ4n) is 1.55. The Bertz CT molecular complexity index is 568. The molecule has 0 aliphatic carbocycles. The average Bonchev–Trinajstić information content (AvgIpc) is 2.44. The summed E-state index contributed by atoms with van der Waals surface area (Å²) in [6.45, 7) is 1.57. The minimum atomic E-state index is -4.54. The number of carbonyl (C=O) groups is 2. The van der Waals surface area contributed by atoms with Crippen LogP contribution < -0.4 is 5.32 Å². The zero-order valence-corrected chi connectivity index (χ0v) is 13.8. The Kier molecular flexibility index (Phi) is 7.69. The Hall–Kier alpha value is -1.42. The first-order valence-corrected chi connectivity index (χ1v) is 8.99. The highest BCUT2D eigenvalue weighted by molar-refractivity contribution is 8.76. The molecule has 5 nitrogen and oxygen atoms in total. The Balaban J connectivity index is 2.38. The van der Waals surface area contributed by atoms with E-state index in [0.717, 1.165) is 12.3 Å². The van der Waals surface area contributed by atoms with Crippen molar-refractivity contribution >= 4 is 33.5 Å². The van der Waals surface area contributed by atoms with Gasteiger partial charge in [-0.05, 0) is 18.6 Å². The largest absolute Gasteiger partial charge is 0.481 e. The van der Waals surface area contributed by atoms with E-state index in [2.05, 4.69) is 10.3 Å². The van der Waals surface area contributed by atoms with Crippen molar-refractivity contribution in [1.29, 1.82) is 0 Å². The van der Waals surface area contributed by atoms with Crippen LogP contribution in [0.3, 0.4) is 0 Å². The van der Waals surface area contributed by atoms with Crippen LogP contribution in [0.4, 0.5) is 13.2 Å². The molecule has 1 aromatic heterocycles. The second-order valence-electron chi connectivity index (χ2n) is 4.43. The number of nitrogens with zero attached hydrogens (tertiary/aromatic N) is 1. The topological polar surface area (TPSA) is 79.3 Å². The van der Waals surface area contributed by atoms with Gasteiger partial charge in [-0.15, -0.1) is 0 Å². The molecular weight excluding hydrogens is 353 g/mol. The van der Waals surface area contributed by atoms with Gasteiger partial charge in [-0.2, -0.15) is 13.2 Å². The Labute approximate surface area is 138 Å². The summed E-state index contributed by atoms with van der Waals surface area (Å²) in [5.41, 5.74) is -1.04. The van der Waals surface area contributed by atoms with Gasteiger partial charge in [0, 0.05) is 24.2 Å².